The van der Waals surface area contributed by atoms with Crippen LogP contribution in [0.5, 0.6) is 0 Å². The standard InChI is InChI=1S/Al.2ClH.Li.Na.O.H/h;2*1H;;;;/q;;;2*+1;;-1/p-1. The summed E-state index contributed by atoms with van der Waals surface area (Å²) < 4.78 is 8.17. The molecule has 0 amide bonds. The third-order valence-electron chi connectivity index (χ3n) is 0. The predicted molar refractivity (Wildman–Crippen MR) is 14.8 cm³/mol. The van der Waals surface area contributed by atoms with E-state index >= 15 is 0 Å². The van der Waals surface area contributed by atoms with Crippen molar-refractivity contribution >= 4 is 28.6 Å². The molecule has 0 rings (SSSR count). The number of hydrogen-bond acceptors (Lipinski definition) is 1. The van der Waals surface area contributed by atoms with Crippen molar-refractivity contribution in [1.82, 2.24) is 0 Å². The number of halogens is 2. The van der Waals surface area contributed by atoms with Gasteiger partial charge in [0.05, 0.1) is 0 Å². The van der Waals surface area contributed by atoms with Crippen molar-refractivity contribution in [1.29, 1.82) is 0 Å². The summed E-state index contributed by atoms with van der Waals surface area (Å²) in [7, 11) is 0. The van der Waals surface area contributed by atoms with E-state index in [2.05, 4.69) is 0 Å². The minimum absolute atomic E-state index is 0. The molecule has 0 atom stereocenters. The molecule has 0 spiro atoms. The Bertz CT molecular complexity index is 17.7. The molecule has 0 fully saturated rings. The first-order chi connectivity index (χ1) is 1.00. The van der Waals surface area contributed by atoms with Gasteiger partial charge in [0.15, 0.2) is 0 Å². The van der Waals surface area contributed by atoms with Crippen molar-refractivity contribution in [2.45, 2.75) is 0 Å². The van der Waals surface area contributed by atoms with Gasteiger partial charge in [-0.2, -0.15) is 0 Å². The summed E-state index contributed by atoms with van der Waals surface area (Å²) in [5.41, 5.74) is 0. The molecule has 0 heterocycles. The Morgan fingerprint density at radius 2 is 1.33 bits per heavy atom. The van der Waals surface area contributed by atoms with Crippen molar-refractivity contribution in [3.63, 3.8) is 0 Å². The minimum atomic E-state index is 0. The van der Waals surface area contributed by atoms with E-state index in [1.807, 2.05) is 0 Å². The molecule has 6 heavy (non-hydrogen) atoms. The second kappa shape index (κ2) is 50.5. The van der Waals surface area contributed by atoms with Crippen molar-refractivity contribution in [3.8, 4) is 0 Å². The monoisotopic (exact) mass is 145 g/mol. The van der Waals surface area contributed by atoms with Gasteiger partial charge in [-0.05, 0) is 0 Å². The van der Waals surface area contributed by atoms with Gasteiger partial charge in [0.25, 0.3) is 0 Å². The molecule has 0 aliphatic rings. The van der Waals surface area contributed by atoms with E-state index in [0.29, 0.717) is 0 Å². The molecule has 0 unspecified atom stereocenters. The summed E-state index contributed by atoms with van der Waals surface area (Å²) >= 11 is 1.17. The van der Waals surface area contributed by atoms with Crippen LogP contribution in [0.15, 0.2) is 0 Å². The Balaban J connectivity index is -0.000000000500. The van der Waals surface area contributed by atoms with E-state index in [0.717, 1.165) is 0 Å². The van der Waals surface area contributed by atoms with E-state index in [1.54, 1.807) is 0 Å². The third kappa shape index (κ3) is 31.4. The van der Waals surface area contributed by atoms with Crippen molar-refractivity contribution in [3.05, 3.63) is 0 Å². The van der Waals surface area contributed by atoms with Gasteiger partial charge in [0.2, 0.25) is 0 Å². The van der Waals surface area contributed by atoms with Gasteiger partial charge < -0.3 is 13.8 Å². The third-order valence-corrected chi connectivity index (χ3v) is 0. The van der Waals surface area contributed by atoms with Gasteiger partial charge in [-0.3, -0.25) is 0 Å². The molecular formula is H2AlCl2LiNaO. The molecule has 27 valence electrons. The molecule has 0 N–H and O–H groups in total. The molecule has 1 radical (unpaired) electrons. The van der Waals surface area contributed by atoms with Crippen molar-refractivity contribution in [2.75, 3.05) is 0 Å². The molecule has 6 heteroatoms. The van der Waals surface area contributed by atoms with Gasteiger partial charge >= 0.3 is 68.4 Å². The maximum atomic E-state index is 8.17. The number of rotatable bonds is 0. The second-order valence-electron chi connectivity index (χ2n) is 0. The van der Waals surface area contributed by atoms with Crippen LogP contribution in [0, 0.1) is 0 Å². The average Bonchev–Trinajstić information content (AvgIpc) is 1.00. The average molecular weight is 146 g/mol. The van der Waals surface area contributed by atoms with Crippen LogP contribution < -0.4 is 60.8 Å². The Labute approximate surface area is 93.4 Å². The summed E-state index contributed by atoms with van der Waals surface area (Å²) in [5.74, 6) is 0. The summed E-state index contributed by atoms with van der Waals surface area (Å²) in [6.07, 6.45) is 0. The molecule has 0 aliphatic carbocycles. The first-order valence-electron chi connectivity index (χ1n) is 0.236. The van der Waals surface area contributed by atoms with Crippen LogP contribution in [0.3, 0.4) is 0 Å². The molecule has 0 aromatic rings. The SMILES string of the molecule is Cl.[Cl-].[H-].[Li+].[Na+].[O]=[Al]. The first kappa shape index (κ1) is 39.0. The van der Waals surface area contributed by atoms with Crippen LogP contribution in [-0.4, -0.2) is 16.2 Å². The molecular weight excluding hydrogens is 144 g/mol. The normalized spacial score (nSPS) is 0.500. The fraction of sp³-hybridized carbons (Fsp3) is 0. The summed E-state index contributed by atoms with van der Waals surface area (Å²) in [4.78, 5) is 0. The molecule has 0 aromatic heterocycles. The summed E-state index contributed by atoms with van der Waals surface area (Å²) in [6.45, 7) is 0. The van der Waals surface area contributed by atoms with Crippen LogP contribution in [0.1, 0.15) is 1.43 Å². The van der Waals surface area contributed by atoms with E-state index in [9.17, 15) is 0 Å². The summed E-state index contributed by atoms with van der Waals surface area (Å²) in [5, 5.41) is 0. The Kier molecular flexibility index (Phi) is 328. The number of hydrogen-bond donors (Lipinski definition) is 0. The molecule has 0 aliphatic heterocycles. The maximum absolute atomic E-state index is 8.17. The molecule has 0 bridgehead atoms. The molecule has 0 saturated heterocycles. The molecule has 0 saturated carbocycles. The van der Waals surface area contributed by atoms with Gasteiger partial charge in [0.1, 0.15) is 0 Å². The molecule has 1 nitrogen and oxygen atoms in total. The van der Waals surface area contributed by atoms with Gasteiger partial charge in [-0.25, -0.2) is 0 Å². The van der Waals surface area contributed by atoms with Gasteiger partial charge in [-0.1, -0.05) is 0 Å². The molecule has 0 aromatic carbocycles. The van der Waals surface area contributed by atoms with E-state index in [1.165, 1.54) is 16.2 Å². The van der Waals surface area contributed by atoms with E-state index < -0.39 is 0 Å². The van der Waals surface area contributed by atoms with E-state index in [-0.39, 0.29) is 74.7 Å². The van der Waals surface area contributed by atoms with Crippen LogP contribution in [0.25, 0.3) is 0 Å². The van der Waals surface area contributed by atoms with Crippen molar-refractivity contribution < 1.29 is 66.1 Å². The van der Waals surface area contributed by atoms with E-state index in [4.69, 9.17) is 3.80 Å². The Morgan fingerprint density at radius 3 is 1.33 bits per heavy atom. The zero-order valence-corrected chi connectivity index (χ0v) is 8.50. The fourth-order valence-electron chi connectivity index (χ4n) is 0. The summed E-state index contributed by atoms with van der Waals surface area (Å²) in [6, 6.07) is 0. The van der Waals surface area contributed by atoms with Crippen LogP contribution in [0.2, 0.25) is 0 Å². The second-order valence-corrected chi connectivity index (χ2v) is 0. The zero-order valence-electron chi connectivity index (χ0n) is 4.77. The quantitative estimate of drug-likeness (QED) is 0.310. The predicted octanol–water partition coefficient (Wildman–Crippen LogP) is -8.95. The topological polar surface area (TPSA) is 17.1 Å². The van der Waals surface area contributed by atoms with Crippen LogP contribution in [0.4, 0.5) is 0 Å². The van der Waals surface area contributed by atoms with Crippen LogP contribution in [-0.2, 0) is 3.80 Å². The van der Waals surface area contributed by atoms with Crippen molar-refractivity contribution in [2.24, 2.45) is 0 Å². The first-order valence-corrected chi connectivity index (χ1v) is 0.707. The van der Waals surface area contributed by atoms with Gasteiger partial charge in [0, 0.05) is 0 Å². The Hall–Kier alpha value is 2.51. The van der Waals surface area contributed by atoms with Gasteiger partial charge in [-0.15, -0.1) is 12.4 Å². The van der Waals surface area contributed by atoms with Crippen LogP contribution >= 0.6 is 12.4 Å². The zero-order chi connectivity index (χ0) is 2.00. The fourth-order valence-corrected chi connectivity index (χ4v) is 0. The Morgan fingerprint density at radius 1 is 1.33 bits per heavy atom.